The van der Waals surface area contributed by atoms with Crippen LogP contribution >= 0.6 is 0 Å². The minimum atomic E-state index is -0.638. The average molecular weight is 327 g/mol. The van der Waals surface area contributed by atoms with Crippen LogP contribution in [0.25, 0.3) is 10.9 Å². The van der Waals surface area contributed by atoms with Crippen LogP contribution in [0.5, 0.6) is 5.75 Å². The monoisotopic (exact) mass is 327 g/mol. The lowest BCUT2D eigenvalue weighted by atomic mass is 10.2. The molecule has 24 heavy (non-hydrogen) atoms. The van der Waals surface area contributed by atoms with E-state index in [0.717, 1.165) is 0 Å². The first-order valence-corrected chi connectivity index (χ1v) is 7.31. The van der Waals surface area contributed by atoms with E-state index < -0.39 is 5.97 Å². The van der Waals surface area contributed by atoms with Crippen LogP contribution in [0, 0.1) is 5.82 Å². The molecule has 2 aromatic carbocycles. The number of aromatic nitrogens is 1. The summed E-state index contributed by atoms with van der Waals surface area (Å²) >= 11 is 0. The summed E-state index contributed by atoms with van der Waals surface area (Å²) in [7, 11) is 0. The molecule has 1 N–H and O–H groups in total. The number of pyridine rings is 1. The normalized spacial score (nSPS) is 10.5. The standard InChI is InChI=1S/C18H14FNO4/c19-12-5-7-13(8-6-12)23-9-10-24-18(22)16-11-17(21)14-3-1-2-4-15(14)20-16/h1-8,11H,9-10H2,(H,20,21). The van der Waals surface area contributed by atoms with Crippen LogP contribution in [0.15, 0.2) is 59.4 Å². The van der Waals surface area contributed by atoms with Crippen LogP contribution in [0.3, 0.4) is 0 Å². The second kappa shape index (κ2) is 6.95. The highest BCUT2D eigenvalue weighted by molar-refractivity contribution is 5.90. The van der Waals surface area contributed by atoms with Gasteiger partial charge in [-0.1, -0.05) is 12.1 Å². The summed E-state index contributed by atoms with van der Waals surface area (Å²) in [5.74, 6) is -0.513. The summed E-state index contributed by atoms with van der Waals surface area (Å²) < 4.78 is 23.2. The lowest BCUT2D eigenvalue weighted by molar-refractivity contribution is 0.0444. The molecule has 0 atom stereocenters. The molecule has 0 saturated heterocycles. The number of H-pyrrole nitrogens is 1. The molecule has 0 saturated carbocycles. The van der Waals surface area contributed by atoms with E-state index in [9.17, 15) is 14.0 Å². The van der Waals surface area contributed by atoms with E-state index in [2.05, 4.69) is 4.98 Å². The zero-order valence-electron chi connectivity index (χ0n) is 12.6. The number of carbonyl (C=O) groups is 1. The van der Waals surface area contributed by atoms with Gasteiger partial charge >= 0.3 is 5.97 Å². The molecule has 0 aliphatic rings. The molecule has 0 radical (unpaired) electrons. The molecule has 122 valence electrons. The number of benzene rings is 2. The van der Waals surface area contributed by atoms with Gasteiger partial charge in [-0.05, 0) is 36.4 Å². The van der Waals surface area contributed by atoms with Gasteiger partial charge in [-0.2, -0.15) is 0 Å². The van der Waals surface area contributed by atoms with Crippen molar-refractivity contribution in [2.75, 3.05) is 13.2 Å². The number of hydrogen-bond donors (Lipinski definition) is 1. The van der Waals surface area contributed by atoms with Crippen LogP contribution in [0.2, 0.25) is 0 Å². The number of fused-ring (bicyclic) bond motifs is 1. The van der Waals surface area contributed by atoms with Gasteiger partial charge in [0.2, 0.25) is 0 Å². The Balaban J connectivity index is 1.59. The van der Waals surface area contributed by atoms with Gasteiger partial charge in [-0.25, -0.2) is 9.18 Å². The van der Waals surface area contributed by atoms with Crippen molar-refractivity contribution in [1.82, 2.24) is 4.98 Å². The largest absolute Gasteiger partial charge is 0.490 e. The van der Waals surface area contributed by atoms with Crippen LogP contribution in [0.4, 0.5) is 4.39 Å². The van der Waals surface area contributed by atoms with Gasteiger partial charge in [0, 0.05) is 17.0 Å². The molecule has 1 aromatic heterocycles. The Kier molecular flexibility index (Phi) is 4.56. The van der Waals surface area contributed by atoms with Crippen LogP contribution in [-0.2, 0) is 4.74 Å². The first-order valence-electron chi connectivity index (χ1n) is 7.31. The van der Waals surface area contributed by atoms with E-state index in [-0.39, 0.29) is 30.2 Å². The van der Waals surface area contributed by atoms with E-state index in [1.54, 1.807) is 24.3 Å². The minimum absolute atomic E-state index is 0.00503. The maximum atomic E-state index is 12.8. The Bertz CT molecular complexity index is 918. The smallest absolute Gasteiger partial charge is 0.355 e. The number of carbonyl (C=O) groups excluding carboxylic acids is 1. The van der Waals surface area contributed by atoms with Gasteiger partial charge in [0.1, 0.15) is 30.5 Å². The zero-order valence-corrected chi connectivity index (χ0v) is 12.6. The van der Waals surface area contributed by atoms with Crippen molar-refractivity contribution in [3.05, 3.63) is 76.3 Å². The van der Waals surface area contributed by atoms with Crippen molar-refractivity contribution >= 4 is 16.9 Å². The number of hydrogen-bond acceptors (Lipinski definition) is 4. The molecule has 6 heteroatoms. The van der Waals surface area contributed by atoms with E-state index in [1.165, 1.54) is 30.3 Å². The lowest BCUT2D eigenvalue weighted by Crippen LogP contribution is -2.16. The molecule has 5 nitrogen and oxygen atoms in total. The quantitative estimate of drug-likeness (QED) is 0.578. The Hall–Kier alpha value is -3.15. The van der Waals surface area contributed by atoms with E-state index >= 15 is 0 Å². The highest BCUT2D eigenvalue weighted by atomic mass is 19.1. The predicted octanol–water partition coefficient (Wildman–Crippen LogP) is 2.90. The van der Waals surface area contributed by atoms with Crippen molar-refractivity contribution in [2.24, 2.45) is 0 Å². The summed E-state index contributed by atoms with van der Waals surface area (Å²) in [6.07, 6.45) is 0. The molecule has 0 bridgehead atoms. The maximum Gasteiger partial charge on any atom is 0.355 e. The lowest BCUT2D eigenvalue weighted by Gasteiger charge is -2.08. The van der Waals surface area contributed by atoms with Crippen molar-refractivity contribution in [3.63, 3.8) is 0 Å². The van der Waals surface area contributed by atoms with E-state index in [0.29, 0.717) is 16.7 Å². The molecular formula is C18H14FNO4. The first kappa shape index (κ1) is 15.7. The van der Waals surface area contributed by atoms with Crippen molar-refractivity contribution in [2.45, 2.75) is 0 Å². The molecule has 3 aromatic rings. The first-order chi connectivity index (χ1) is 11.6. The average Bonchev–Trinajstić information content (AvgIpc) is 2.60. The summed E-state index contributed by atoms with van der Waals surface area (Å²) in [6, 6.07) is 13.7. The molecular weight excluding hydrogens is 313 g/mol. The van der Waals surface area contributed by atoms with Crippen molar-refractivity contribution in [1.29, 1.82) is 0 Å². The fourth-order valence-electron chi connectivity index (χ4n) is 2.21. The highest BCUT2D eigenvalue weighted by Crippen LogP contribution is 2.11. The SMILES string of the molecule is O=C(OCCOc1ccc(F)cc1)c1cc(=O)c2ccccc2[nH]1. The summed E-state index contributed by atoms with van der Waals surface area (Å²) in [4.78, 5) is 26.8. The third-order valence-electron chi connectivity index (χ3n) is 3.36. The molecule has 0 amide bonds. The van der Waals surface area contributed by atoms with Gasteiger partial charge < -0.3 is 14.5 Å². The van der Waals surface area contributed by atoms with Gasteiger partial charge in [-0.3, -0.25) is 4.79 Å². The number of aromatic amines is 1. The van der Waals surface area contributed by atoms with Gasteiger partial charge in [0.25, 0.3) is 0 Å². The predicted molar refractivity (Wildman–Crippen MR) is 86.7 cm³/mol. The number of nitrogens with one attached hydrogen (secondary N) is 1. The fraction of sp³-hybridized carbons (Fsp3) is 0.111. The fourth-order valence-corrected chi connectivity index (χ4v) is 2.21. The summed E-state index contributed by atoms with van der Waals surface area (Å²) in [6.45, 7) is 0.125. The number of esters is 1. The Morgan fingerprint density at radius 1 is 1.04 bits per heavy atom. The topological polar surface area (TPSA) is 68.4 Å². The maximum absolute atomic E-state index is 12.8. The van der Waals surface area contributed by atoms with E-state index in [4.69, 9.17) is 9.47 Å². The summed E-state index contributed by atoms with van der Waals surface area (Å²) in [5, 5.41) is 0.508. The van der Waals surface area contributed by atoms with E-state index in [1.807, 2.05) is 0 Å². The molecule has 0 unspecified atom stereocenters. The Labute approximate surface area is 136 Å². The zero-order chi connectivity index (χ0) is 16.9. The molecule has 0 aliphatic heterocycles. The second-order valence-electron chi connectivity index (χ2n) is 5.03. The van der Waals surface area contributed by atoms with Gasteiger partial charge in [0.15, 0.2) is 5.43 Å². The van der Waals surface area contributed by atoms with Crippen molar-refractivity contribution < 1.29 is 18.7 Å². The molecule has 0 fully saturated rings. The number of para-hydroxylation sites is 1. The van der Waals surface area contributed by atoms with Crippen LogP contribution < -0.4 is 10.2 Å². The second-order valence-corrected chi connectivity index (χ2v) is 5.03. The number of halogens is 1. The Morgan fingerprint density at radius 3 is 2.58 bits per heavy atom. The number of rotatable bonds is 5. The van der Waals surface area contributed by atoms with Crippen LogP contribution in [-0.4, -0.2) is 24.2 Å². The third-order valence-corrected chi connectivity index (χ3v) is 3.36. The summed E-state index contributed by atoms with van der Waals surface area (Å²) in [5.41, 5.74) is 0.402. The minimum Gasteiger partial charge on any atom is -0.490 e. The van der Waals surface area contributed by atoms with Crippen molar-refractivity contribution in [3.8, 4) is 5.75 Å². The molecule has 0 spiro atoms. The number of ether oxygens (including phenoxy) is 2. The molecule has 0 aliphatic carbocycles. The van der Waals surface area contributed by atoms with Gasteiger partial charge in [0.05, 0.1) is 0 Å². The van der Waals surface area contributed by atoms with Gasteiger partial charge in [-0.15, -0.1) is 0 Å². The van der Waals surface area contributed by atoms with Crippen LogP contribution in [0.1, 0.15) is 10.5 Å². The Morgan fingerprint density at radius 2 is 1.79 bits per heavy atom. The molecule has 3 rings (SSSR count). The third kappa shape index (κ3) is 3.60. The highest BCUT2D eigenvalue weighted by Gasteiger charge is 2.10. The molecule has 1 heterocycles.